The van der Waals surface area contributed by atoms with E-state index in [1.807, 2.05) is 6.07 Å². The highest BCUT2D eigenvalue weighted by atomic mass is 79.9. The molecule has 2 aromatic rings. The molecule has 2 rings (SSSR count). The Kier molecular flexibility index (Phi) is 3.97. The van der Waals surface area contributed by atoms with Crippen molar-refractivity contribution in [2.24, 2.45) is 5.73 Å². The molecule has 90 valence electrons. The van der Waals surface area contributed by atoms with E-state index in [2.05, 4.69) is 28.9 Å². The van der Waals surface area contributed by atoms with E-state index in [9.17, 15) is 4.39 Å². The lowest BCUT2D eigenvalue weighted by Crippen LogP contribution is -2.11. The van der Waals surface area contributed by atoms with Crippen LogP contribution in [0.15, 0.2) is 34.8 Å². The van der Waals surface area contributed by atoms with Crippen LogP contribution in [0.25, 0.3) is 0 Å². The first-order valence-corrected chi connectivity index (χ1v) is 7.02. The molecule has 17 heavy (non-hydrogen) atoms. The van der Waals surface area contributed by atoms with Gasteiger partial charge in [-0.2, -0.15) is 0 Å². The number of aryl methyl sites for hydroxylation is 1. The molecule has 0 spiro atoms. The van der Waals surface area contributed by atoms with Gasteiger partial charge in [-0.1, -0.05) is 22.9 Å². The Hall–Kier alpha value is -0.710. The molecule has 0 aliphatic heterocycles. The molecule has 0 bridgehead atoms. The Morgan fingerprint density at radius 3 is 2.76 bits per heavy atom. The van der Waals surface area contributed by atoms with Gasteiger partial charge in [-0.25, -0.2) is 4.39 Å². The quantitative estimate of drug-likeness (QED) is 0.900. The van der Waals surface area contributed by atoms with Crippen molar-refractivity contribution in [2.75, 3.05) is 0 Å². The summed E-state index contributed by atoms with van der Waals surface area (Å²) in [5, 5.41) is 0. The van der Waals surface area contributed by atoms with E-state index in [1.54, 1.807) is 17.4 Å². The first-order valence-electron chi connectivity index (χ1n) is 5.41. The predicted molar refractivity (Wildman–Crippen MR) is 73.8 cm³/mol. The molecule has 0 saturated heterocycles. The van der Waals surface area contributed by atoms with Crippen LogP contribution in [0, 0.1) is 5.82 Å². The molecule has 1 atom stereocenters. The van der Waals surface area contributed by atoms with Gasteiger partial charge >= 0.3 is 0 Å². The van der Waals surface area contributed by atoms with E-state index in [0.29, 0.717) is 0 Å². The van der Waals surface area contributed by atoms with E-state index in [4.69, 9.17) is 5.73 Å². The maximum atomic E-state index is 13.2. The number of hydrogen-bond donors (Lipinski definition) is 1. The molecular weight excluding hydrogens is 301 g/mol. The highest BCUT2D eigenvalue weighted by Crippen LogP contribution is 2.31. The molecule has 1 aromatic heterocycles. The van der Waals surface area contributed by atoms with Crippen LogP contribution in [0.1, 0.15) is 28.3 Å². The average Bonchev–Trinajstić information content (AvgIpc) is 2.80. The van der Waals surface area contributed by atoms with Gasteiger partial charge in [0.1, 0.15) is 5.82 Å². The van der Waals surface area contributed by atoms with Gasteiger partial charge in [-0.05, 0) is 42.3 Å². The van der Waals surface area contributed by atoms with Crippen molar-refractivity contribution in [3.8, 4) is 0 Å². The van der Waals surface area contributed by atoms with Crippen LogP contribution in [0.5, 0.6) is 0 Å². The smallest absolute Gasteiger partial charge is 0.123 e. The topological polar surface area (TPSA) is 26.0 Å². The van der Waals surface area contributed by atoms with Crippen molar-refractivity contribution >= 4 is 27.3 Å². The number of halogens is 2. The Labute approximate surface area is 113 Å². The van der Waals surface area contributed by atoms with E-state index < -0.39 is 0 Å². The summed E-state index contributed by atoms with van der Waals surface area (Å²) in [4.78, 5) is 2.36. The normalized spacial score (nSPS) is 12.7. The summed E-state index contributed by atoms with van der Waals surface area (Å²) >= 11 is 5.09. The molecule has 0 aliphatic rings. The molecule has 0 aliphatic carbocycles. The van der Waals surface area contributed by atoms with E-state index in [1.165, 1.54) is 17.0 Å². The molecule has 2 N–H and O–H groups in total. The van der Waals surface area contributed by atoms with Gasteiger partial charge in [0.25, 0.3) is 0 Å². The average molecular weight is 314 g/mol. The van der Waals surface area contributed by atoms with Crippen LogP contribution in [-0.4, -0.2) is 0 Å². The number of thiophene rings is 1. The zero-order valence-corrected chi connectivity index (χ0v) is 11.8. The van der Waals surface area contributed by atoms with E-state index in [-0.39, 0.29) is 11.9 Å². The third-order valence-corrected chi connectivity index (χ3v) is 4.67. The first-order chi connectivity index (χ1) is 8.11. The first kappa shape index (κ1) is 12.7. The predicted octanol–water partition coefficient (Wildman–Crippen LogP) is 4.26. The van der Waals surface area contributed by atoms with Crippen LogP contribution in [-0.2, 0) is 6.42 Å². The monoisotopic (exact) mass is 313 g/mol. The fraction of sp³-hybridized carbons (Fsp3) is 0.231. The molecule has 0 fully saturated rings. The lowest BCUT2D eigenvalue weighted by molar-refractivity contribution is 0.623. The maximum absolute atomic E-state index is 13.2. The molecule has 1 unspecified atom stereocenters. The second kappa shape index (κ2) is 5.29. The molecule has 1 heterocycles. The van der Waals surface area contributed by atoms with Crippen LogP contribution in [0.3, 0.4) is 0 Å². The van der Waals surface area contributed by atoms with Crippen LogP contribution >= 0.6 is 27.3 Å². The summed E-state index contributed by atoms with van der Waals surface area (Å²) in [5.41, 5.74) is 6.95. The van der Waals surface area contributed by atoms with Crippen molar-refractivity contribution < 1.29 is 4.39 Å². The summed E-state index contributed by atoms with van der Waals surface area (Å²) < 4.78 is 14.1. The third-order valence-electron chi connectivity index (χ3n) is 2.63. The molecule has 1 aromatic carbocycles. The minimum Gasteiger partial charge on any atom is -0.320 e. The summed E-state index contributed by atoms with van der Waals surface area (Å²) in [6, 6.07) is 8.43. The molecule has 0 saturated carbocycles. The second-order valence-corrected chi connectivity index (χ2v) is 5.86. The summed E-state index contributed by atoms with van der Waals surface area (Å²) in [6.07, 6.45) is 1.00. The number of rotatable bonds is 3. The number of benzene rings is 1. The van der Waals surface area contributed by atoms with Crippen molar-refractivity contribution in [3.05, 3.63) is 55.9 Å². The molecular formula is C13H13BrFNS. The van der Waals surface area contributed by atoms with Gasteiger partial charge in [-0.3, -0.25) is 0 Å². The van der Waals surface area contributed by atoms with Gasteiger partial charge < -0.3 is 5.73 Å². The van der Waals surface area contributed by atoms with Crippen molar-refractivity contribution in [1.29, 1.82) is 0 Å². The fourth-order valence-electron chi connectivity index (χ4n) is 1.66. The molecule has 1 nitrogen and oxygen atoms in total. The molecule has 0 radical (unpaired) electrons. The SMILES string of the molecule is CCc1ccc(C(N)c2cc(F)ccc2Br)s1. The molecule has 4 heteroatoms. The van der Waals surface area contributed by atoms with Crippen LogP contribution < -0.4 is 5.73 Å². The standard InChI is InChI=1S/C13H13BrFNS/c1-2-9-4-6-12(17-9)13(16)10-7-8(15)3-5-11(10)14/h3-7,13H,2,16H2,1H3. The van der Waals surface area contributed by atoms with Crippen molar-refractivity contribution in [3.63, 3.8) is 0 Å². The highest BCUT2D eigenvalue weighted by Gasteiger charge is 2.15. The Bertz CT molecular complexity index is 524. The third kappa shape index (κ3) is 2.76. The summed E-state index contributed by atoms with van der Waals surface area (Å²) in [5.74, 6) is -0.258. The lowest BCUT2D eigenvalue weighted by Gasteiger charge is -2.12. The largest absolute Gasteiger partial charge is 0.320 e. The van der Waals surface area contributed by atoms with Gasteiger partial charge in [0.15, 0.2) is 0 Å². The minimum absolute atomic E-state index is 0.258. The fourth-order valence-corrected chi connectivity index (χ4v) is 3.12. The van der Waals surface area contributed by atoms with Crippen molar-refractivity contribution in [1.82, 2.24) is 0 Å². The van der Waals surface area contributed by atoms with Crippen LogP contribution in [0.4, 0.5) is 4.39 Å². The summed E-state index contributed by atoms with van der Waals surface area (Å²) in [6.45, 7) is 2.11. The summed E-state index contributed by atoms with van der Waals surface area (Å²) in [7, 11) is 0. The zero-order valence-electron chi connectivity index (χ0n) is 9.41. The Morgan fingerprint density at radius 2 is 2.12 bits per heavy atom. The lowest BCUT2D eigenvalue weighted by atomic mass is 10.1. The molecule has 0 amide bonds. The van der Waals surface area contributed by atoms with Crippen LogP contribution in [0.2, 0.25) is 0 Å². The van der Waals surface area contributed by atoms with E-state index in [0.717, 1.165) is 21.3 Å². The number of hydrogen-bond acceptors (Lipinski definition) is 2. The second-order valence-electron chi connectivity index (χ2n) is 3.80. The van der Waals surface area contributed by atoms with Gasteiger partial charge in [0, 0.05) is 14.2 Å². The number of nitrogens with two attached hydrogens (primary N) is 1. The zero-order chi connectivity index (χ0) is 12.4. The Morgan fingerprint density at radius 1 is 1.35 bits per heavy atom. The highest BCUT2D eigenvalue weighted by molar-refractivity contribution is 9.10. The maximum Gasteiger partial charge on any atom is 0.123 e. The van der Waals surface area contributed by atoms with Crippen molar-refractivity contribution in [2.45, 2.75) is 19.4 Å². The van der Waals surface area contributed by atoms with Gasteiger partial charge in [-0.15, -0.1) is 11.3 Å². The van der Waals surface area contributed by atoms with Gasteiger partial charge in [0.2, 0.25) is 0 Å². The Balaban J connectivity index is 2.35. The van der Waals surface area contributed by atoms with E-state index >= 15 is 0 Å². The van der Waals surface area contributed by atoms with Gasteiger partial charge in [0.05, 0.1) is 6.04 Å². The minimum atomic E-state index is -0.273.